The van der Waals surface area contributed by atoms with Gasteiger partial charge in [-0.15, -0.1) is 13.2 Å². The minimum atomic E-state index is -1.17. The largest absolute Gasteiger partial charge is 0.455 e. The first-order valence-corrected chi connectivity index (χ1v) is 17.4. The summed E-state index contributed by atoms with van der Waals surface area (Å²) < 4.78 is 18.4. The number of carbonyl (C=O) groups excluding carboxylic acids is 4. The summed E-state index contributed by atoms with van der Waals surface area (Å²) in [5.41, 5.74) is -0.502. The van der Waals surface area contributed by atoms with Crippen LogP contribution in [-0.4, -0.2) is 102 Å². The number of aliphatic hydroxyl groups excluding tert-OH is 1. The van der Waals surface area contributed by atoms with Crippen LogP contribution in [0.15, 0.2) is 55.6 Å². The highest BCUT2D eigenvalue weighted by Gasteiger charge is 2.75. The van der Waals surface area contributed by atoms with Crippen LogP contribution in [0.1, 0.15) is 76.4 Å². The maximum atomic E-state index is 14.4. The highest BCUT2D eigenvalue weighted by Crippen LogP contribution is 2.59. The monoisotopic (exact) mass is 667 g/mol. The van der Waals surface area contributed by atoms with Crippen LogP contribution in [0.25, 0.3) is 0 Å². The molecule has 1 aromatic rings. The maximum Gasteiger partial charge on any atom is 0.313 e. The van der Waals surface area contributed by atoms with E-state index in [1.165, 1.54) is 7.11 Å². The van der Waals surface area contributed by atoms with Gasteiger partial charge in [0.15, 0.2) is 0 Å². The molecule has 2 N–H and O–H groups in total. The highest BCUT2D eigenvalue weighted by atomic mass is 16.6. The lowest BCUT2D eigenvalue weighted by Gasteiger charge is -2.37. The molecule has 3 aliphatic rings. The summed E-state index contributed by atoms with van der Waals surface area (Å²) in [6.45, 7) is 10.8. The number of benzene rings is 1. The van der Waals surface area contributed by atoms with E-state index in [4.69, 9.17) is 14.2 Å². The van der Waals surface area contributed by atoms with Crippen LogP contribution < -0.4 is 5.32 Å². The van der Waals surface area contributed by atoms with Crippen LogP contribution >= 0.6 is 0 Å². The average Bonchev–Trinajstić information content (AvgIpc) is 3.73. The van der Waals surface area contributed by atoms with Crippen molar-refractivity contribution in [1.29, 1.82) is 0 Å². The molecule has 0 radical (unpaired) electrons. The Labute approximate surface area is 284 Å². The molecule has 3 aliphatic heterocycles. The Morgan fingerprint density at radius 3 is 2.60 bits per heavy atom. The first-order chi connectivity index (χ1) is 23.3. The summed E-state index contributed by atoms with van der Waals surface area (Å²) >= 11 is 0. The lowest BCUT2D eigenvalue weighted by Crippen LogP contribution is -2.56. The first-order valence-electron chi connectivity index (χ1n) is 17.4. The SMILES string of the molecule is C=CCCC(=O)N[C@@H](COC)[C@@H](OC(=O)[C@@H]1[C@H]2C(=O)N(CCCCO)[C@H](C(=O)N(CC=C)CCCCC)[C@]23CC[C@H]1O3)c1ccccc1. The van der Waals surface area contributed by atoms with E-state index < -0.39 is 47.7 Å². The van der Waals surface area contributed by atoms with E-state index in [2.05, 4.69) is 25.4 Å². The molecule has 4 rings (SSSR count). The molecule has 0 aliphatic carbocycles. The van der Waals surface area contributed by atoms with Crippen LogP contribution in [0, 0.1) is 11.8 Å². The molecular weight excluding hydrogens is 614 g/mol. The van der Waals surface area contributed by atoms with Gasteiger partial charge in [-0.25, -0.2) is 0 Å². The summed E-state index contributed by atoms with van der Waals surface area (Å²) in [7, 11) is 1.51. The molecule has 0 aromatic heterocycles. The maximum absolute atomic E-state index is 14.4. The Bertz CT molecular complexity index is 1270. The van der Waals surface area contributed by atoms with Crippen molar-refractivity contribution in [2.45, 2.75) is 94.6 Å². The van der Waals surface area contributed by atoms with Crippen molar-refractivity contribution in [3.63, 3.8) is 0 Å². The number of carbonyl (C=O) groups is 4. The molecule has 3 fully saturated rings. The smallest absolute Gasteiger partial charge is 0.313 e. The molecule has 7 atom stereocenters. The fourth-order valence-corrected chi connectivity index (χ4v) is 7.63. The molecule has 3 amide bonds. The van der Waals surface area contributed by atoms with Crippen LogP contribution in [0.4, 0.5) is 0 Å². The van der Waals surface area contributed by atoms with E-state index in [0.29, 0.717) is 50.8 Å². The molecule has 2 bridgehead atoms. The zero-order valence-corrected chi connectivity index (χ0v) is 28.5. The molecule has 1 aromatic carbocycles. The summed E-state index contributed by atoms with van der Waals surface area (Å²) in [4.78, 5) is 59.3. The quantitative estimate of drug-likeness (QED) is 0.115. The number of methoxy groups -OCH3 is 1. The van der Waals surface area contributed by atoms with Gasteiger partial charge in [-0.1, -0.05) is 62.2 Å². The topological polar surface area (TPSA) is 135 Å². The minimum Gasteiger partial charge on any atom is -0.455 e. The second-order valence-corrected chi connectivity index (χ2v) is 13.0. The molecule has 3 heterocycles. The van der Waals surface area contributed by atoms with Crippen molar-refractivity contribution >= 4 is 23.7 Å². The van der Waals surface area contributed by atoms with Crippen molar-refractivity contribution in [2.24, 2.45) is 11.8 Å². The van der Waals surface area contributed by atoms with Gasteiger partial charge in [0.1, 0.15) is 17.7 Å². The number of esters is 1. The fourth-order valence-electron chi connectivity index (χ4n) is 7.63. The number of likely N-dealkylation sites (tertiary alicyclic amines) is 1. The van der Waals surface area contributed by atoms with E-state index in [1.807, 2.05) is 30.3 Å². The number of amides is 3. The number of rotatable bonds is 21. The number of ether oxygens (including phenoxy) is 3. The number of hydrogen-bond acceptors (Lipinski definition) is 8. The molecule has 11 heteroatoms. The van der Waals surface area contributed by atoms with Crippen molar-refractivity contribution in [2.75, 3.05) is 40.0 Å². The van der Waals surface area contributed by atoms with E-state index in [-0.39, 0.29) is 43.9 Å². The zero-order valence-electron chi connectivity index (χ0n) is 28.5. The Hall–Kier alpha value is -3.54. The lowest BCUT2D eigenvalue weighted by molar-refractivity contribution is -0.163. The number of allylic oxidation sites excluding steroid dienone is 1. The number of nitrogens with zero attached hydrogens (tertiary/aromatic N) is 2. The van der Waals surface area contributed by atoms with Crippen LogP contribution in [0.3, 0.4) is 0 Å². The highest BCUT2D eigenvalue weighted by molar-refractivity contribution is 5.98. The fraction of sp³-hybridized carbons (Fsp3) is 0.622. The third kappa shape index (κ3) is 8.01. The van der Waals surface area contributed by atoms with Gasteiger partial charge in [-0.2, -0.15) is 0 Å². The average molecular weight is 668 g/mol. The summed E-state index contributed by atoms with van der Waals surface area (Å²) in [6, 6.07) is 7.54. The molecule has 0 unspecified atom stereocenters. The van der Waals surface area contributed by atoms with Gasteiger partial charge in [0.05, 0.1) is 30.6 Å². The summed E-state index contributed by atoms with van der Waals surface area (Å²) in [6.07, 6.45) is 7.31. The zero-order chi connectivity index (χ0) is 34.7. The summed E-state index contributed by atoms with van der Waals surface area (Å²) in [5.74, 6) is -3.17. The predicted octanol–water partition coefficient (Wildman–Crippen LogP) is 3.72. The molecule has 11 nitrogen and oxygen atoms in total. The van der Waals surface area contributed by atoms with Crippen LogP contribution in [-0.2, 0) is 33.4 Å². The number of aliphatic hydroxyl groups is 1. The lowest BCUT2D eigenvalue weighted by atomic mass is 9.70. The second-order valence-electron chi connectivity index (χ2n) is 13.0. The summed E-state index contributed by atoms with van der Waals surface area (Å²) in [5, 5.41) is 12.4. The first kappa shape index (κ1) is 37.3. The van der Waals surface area contributed by atoms with Crippen LogP contribution in [0.5, 0.6) is 0 Å². The van der Waals surface area contributed by atoms with Crippen LogP contribution in [0.2, 0.25) is 0 Å². The van der Waals surface area contributed by atoms with Gasteiger partial charge < -0.3 is 34.4 Å². The number of nitrogens with one attached hydrogen (secondary N) is 1. The Morgan fingerprint density at radius 1 is 1.17 bits per heavy atom. The number of fused-ring (bicyclic) bond motifs is 1. The van der Waals surface area contributed by atoms with Crippen molar-refractivity contribution in [3.05, 3.63) is 61.2 Å². The van der Waals surface area contributed by atoms with Gasteiger partial charge in [-0.05, 0) is 44.1 Å². The third-order valence-electron chi connectivity index (χ3n) is 9.81. The molecule has 264 valence electrons. The molecular formula is C37H53N3O8. The molecule has 48 heavy (non-hydrogen) atoms. The second kappa shape index (κ2) is 17.7. The van der Waals surface area contributed by atoms with E-state index in [1.54, 1.807) is 22.0 Å². The Morgan fingerprint density at radius 2 is 1.94 bits per heavy atom. The predicted molar refractivity (Wildman–Crippen MR) is 180 cm³/mol. The minimum absolute atomic E-state index is 0.0318. The number of unbranched alkanes of at least 4 members (excludes halogenated alkanes) is 3. The van der Waals surface area contributed by atoms with Crippen molar-refractivity contribution in [1.82, 2.24) is 15.1 Å². The van der Waals surface area contributed by atoms with Gasteiger partial charge >= 0.3 is 5.97 Å². The van der Waals surface area contributed by atoms with Crippen molar-refractivity contribution < 1.29 is 38.5 Å². The Balaban J connectivity index is 1.66. The van der Waals surface area contributed by atoms with E-state index in [0.717, 1.165) is 19.3 Å². The van der Waals surface area contributed by atoms with Gasteiger partial charge in [-0.3, -0.25) is 19.2 Å². The Kier molecular flexibility index (Phi) is 13.8. The van der Waals surface area contributed by atoms with E-state index in [9.17, 15) is 24.3 Å². The standard InChI is InChI=1S/C37H53N3O8/c1-5-8-13-22-39(21-7-3)35(44)33-37-20-19-28(48-37)30(31(37)34(43)40(33)23-14-15-24-41)36(45)47-32(26-16-11-10-12-17-26)27(25-46-4)38-29(42)18-9-6-2/h6-7,10-12,16-17,27-28,30-33,41H,2-3,5,8-9,13-15,18-25H2,1,4H3,(H,38,42)/t27-,28+,30-,31-,32-,33+,37-/m0/s1. The van der Waals surface area contributed by atoms with Gasteiger partial charge in [0, 0.05) is 39.8 Å². The normalized spacial score (nSPS) is 25.3. The number of hydrogen-bond donors (Lipinski definition) is 2. The molecule has 1 spiro atoms. The third-order valence-corrected chi connectivity index (χ3v) is 9.81. The molecule has 0 saturated carbocycles. The van der Waals surface area contributed by atoms with E-state index >= 15 is 0 Å². The molecule has 3 saturated heterocycles. The van der Waals surface area contributed by atoms with Gasteiger partial charge in [0.2, 0.25) is 17.7 Å². The van der Waals surface area contributed by atoms with Crippen molar-refractivity contribution in [3.8, 4) is 0 Å². The van der Waals surface area contributed by atoms with Gasteiger partial charge in [0.25, 0.3) is 0 Å².